The Bertz CT molecular complexity index is 1060. The molecule has 0 aromatic carbocycles. The molecule has 0 aliphatic carbocycles. The third kappa shape index (κ3) is 3.98. The maximum Gasteiger partial charge on any atom is 0.256 e. The number of amides is 2. The van der Waals surface area contributed by atoms with Crippen molar-refractivity contribution in [1.82, 2.24) is 24.8 Å². The zero-order valence-electron chi connectivity index (χ0n) is 18.4. The van der Waals surface area contributed by atoms with Crippen LogP contribution in [0, 0.1) is 12.8 Å². The Morgan fingerprint density at radius 2 is 2.13 bits per heavy atom. The predicted octanol–water partition coefficient (Wildman–Crippen LogP) is 2.38. The summed E-state index contributed by atoms with van der Waals surface area (Å²) in [7, 11) is 0. The largest absolute Gasteiger partial charge is 0.334 e. The lowest BCUT2D eigenvalue weighted by Gasteiger charge is -2.30. The van der Waals surface area contributed by atoms with Gasteiger partial charge in [-0.2, -0.15) is 0 Å². The van der Waals surface area contributed by atoms with Crippen molar-refractivity contribution in [2.75, 3.05) is 13.1 Å². The number of nitrogens with zero attached hydrogens (tertiary/aromatic N) is 4. The number of hydrogen-bond donors (Lipinski definition) is 1. The first-order chi connectivity index (χ1) is 14.9. The summed E-state index contributed by atoms with van der Waals surface area (Å²) in [6, 6.07) is 1.53. The van der Waals surface area contributed by atoms with Gasteiger partial charge < -0.3 is 14.8 Å². The second-order valence-electron chi connectivity index (χ2n) is 8.54. The van der Waals surface area contributed by atoms with Crippen LogP contribution in [0.3, 0.4) is 0 Å². The average molecular weight is 424 g/mol. The third-order valence-corrected chi connectivity index (χ3v) is 6.51. The van der Waals surface area contributed by atoms with E-state index in [1.165, 1.54) is 0 Å². The van der Waals surface area contributed by atoms with Gasteiger partial charge in [-0.1, -0.05) is 13.8 Å². The molecule has 0 saturated carbocycles. The molecule has 0 radical (unpaired) electrons. The molecule has 2 atom stereocenters. The van der Waals surface area contributed by atoms with Gasteiger partial charge >= 0.3 is 0 Å². The molecule has 1 saturated heterocycles. The Labute approximate surface area is 181 Å². The summed E-state index contributed by atoms with van der Waals surface area (Å²) < 4.78 is 0. The lowest BCUT2D eigenvalue weighted by atomic mass is 10.0. The summed E-state index contributed by atoms with van der Waals surface area (Å²) in [6.07, 6.45) is 6.29. The standard InChI is InChI=1S/C23H29N5O3/c1-4-14(2)22(30)28-10-5-6-19(28)20-25-18-8-11-27(13-17(18)21(29)26-20)23(31)16-7-9-24-12-15(16)3/h7,9,12,14,19H,4-6,8,10-11,13H2,1-3H3,(H,25,26,29)/t14-,19-/m1/s1. The topological polar surface area (TPSA) is 99.3 Å². The highest BCUT2D eigenvalue weighted by atomic mass is 16.2. The third-order valence-electron chi connectivity index (χ3n) is 6.51. The normalized spacial score (nSPS) is 19.3. The Morgan fingerprint density at radius 1 is 1.32 bits per heavy atom. The summed E-state index contributed by atoms with van der Waals surface area (Å²) in [5.74, 6) is 0.550. The minimum Gasteiger partial charge on any atom is -0.334 e. The molecule has 8 nitrogen and oxygen atoms in total. The van der Waals surface area contributed by atoms with E-state index in [4.69, 9.17) is 4.98 Å². The molecule has 0 spiro atoms. The van der Waals surface area contributed by atoms with E-state index >= 15 is 0 Å². The van der Waals surface area contributed by atoms with Gasteiger partial charge in [0, 0.05) is 43.4 Å². The van der Waals surface area contributed by atoms with Crippen LogP contribution >= 0.6 is 0 Å². The van der Waals surface area contributed by atoms with Gasteiger partial charge in [-0.25, -0.2) is 4.98 Å². The van der Waals surface area contributed by atoms with Crippen LogP contribution in [0.25, 0.3) is 0 Å². The van der Waals surface area contributed by atoms with Crippen molar-refractivity contribution in [3.63, 3.8) is 0 Å². The molecule has 164 valence electrons. The van der Waals surface area contributed by atoms with Gasteiger partial charge in [-0.05, 0) is 37.8 Å². The number of aryl methyl sites for hydroxylation is 1. The van der Waals surface area contributed by atoms with Crippen LogP contribution in [0.4, 0.5) is 0 Å². The van der Waals surface area contributed by atoms with E-state index in [1.807, 2.05) is 25.7 Å². The summed E-state index contributed by atoms with van der Waals surface area (Å²) in [4.78, 5) is 53.9. The number of H-pyrrole nitrogens is 1. The van der Waals surface area contributed by atoms with E-state index in [0.717, 1.165) is 30.5 Å². The summed E-state index contributed by atoms with van der Waals surface area (Å²) in [5, 5.41) is 0. The highest BCUT2D eigenvalue weighted by molar-refractivity contribution is 5.95. The number of carbonyl (C=O) groups is 2. The van der Waals surface area contributed by atoms with E-state index in [9.17, 15) is 14.4 Å². The first-order valence-corrected chi connectivity index (χ1v) is 11.0. The van der Waals surface area contributed by atoms with E-state index in [0.29, 0.717) is 36.5 Å². The number of aromatic nitrogens is 3. The van der Waals surface area contributed by atoms with E-state index in [1.54, 1.807) is 23.4 Å². The number of rotatable bonds is 4. The fourth-order valence-corrected chi connectivity index (χ4v) is 4.43. The van der Waals surface area contributed by atoms with Gasteiger partial charge in [0.1, 0.15) is 5.82 Å². The van der Waals surface area contributed by atoms with Crippen molar-refractivity contribution in [3.05, 3.63) is 57.0 Å². The molecular formula is C23H29N5O3. The number of pyridine rings is 1. The van der Waals surface area contributed by atoms with Gasteiger partial charge in [-0.3, -0.25) is 19.4 Å². The Hall–Kier alpha value is -3.03. The predicted molar refractivity (Wildman–Crippen MR) is 115 cm³/mol. The number of likely N-dealkylation sites (tertiary alicyclic amines) is 1. The van der Waals surface area contributed by atoms with Crippen LogP contribution in [-0.2, 0) is 17.8 Å². The number of nitrogens with one attached hydrogen (secondary N) is 1. The molecular weight excluding hydrogens is 394 g/mol. The van der Waals surface area contributed by atoms with Crippen LogP contribution in [0.2, 0.25) is 0 Å². The molecule has 0 unspecified atom stereocenters. The zero-order chi connectivity index (χ0) is 22.1. The second kappa shape index (κ2) is 8.61. The first-order valence-electron chi connectivity index (χ1n) is 11.0. The molecule has 31 heavy (non-hydrogen) atoms. The number of carbonyl (C=O) groups excluding carboxylic acids is 2. The lowest BCUT2D eigenvalue weighted by Crippen LogP contribution is -2.41. The minimum atomic E-state index is -0.216. The first kappa shape index (κ1) is 21.2. The average Bonchev–Trinajstić information content (AvgIpc) is 3.27. The SMILES string of the molecule is CC[C@@H](C)C(=O)N1CCC[C@@H]1c1nc2c(c(=O)[nH]1)CN(C(=O)c1ccncc1C)CC2. The summed E-state index contributed by atoms with van der Waals surface area (Å²) >= 11 is 0. The fraction of sp³-hybridized carbons (Fsp3) is 0.522. The zero-order valence-corrected chi connectivity index (χ0v) is 18.4. The molecule has 2 aliphatic rings. The van der Waals surface area contributed by atoms with Crippen LogP contribution in [0.1, 0.15) is 72.2 Å². The van der Waals surface area contributed by atoms with Gasteiger partial charge in [0.2, 0.25) is 5.91 Å². The van der Waals surface area contributed by atoms with Crippen LogP contribution < -0.4 is 5.56 Å². The van der Waals surface area contributed by atoms with Crippen molar-refractivity contribution in [1.29, 1.82) is 0 Å². The quantitative estimate of drug-likeness (QED) is 0.814. The minimum absolute atomic E-state index is 0.0406. The molecule has 1 N–H and O–H groups in total. The molecule has 2 amide bonds. The maximum absolute atomic E-state index is 12.9. The number of fused-ring (bicyclic) bond motifs is 1. The van der Waals surface area contributed by atoms with Gasteiger partial charge in [0.05, 0.1) is 23.8 Å². The fourth-order valence-electron chi connectivity index (χ4n) is 4.43. The highest BCUT2D eigenvalue weighted by Crippen LogP contribution is 2.32. The van der Waals surface area contributed by atoms with Crippen molar-refractivity contribution in [3.8, 4) is 0 Å². The van der Waals surface area contributed by atoms with E-state index in [2.05, 4.69) is 9.97 Å². The Kier molecular flexibility index (Phi) is 5.89. The van der Waals surface area contributed by atoms with Crippen molar-refractivity contribution < 1.29 is 9.59 Å². The Morgan fingerprint density at radius 3 is 2.87 bits per heavy atom. The van der Waals surface area contributed by atoms with Crippen LogP contribution in [0.15, 0.2) is 23.3 Å². The van der Waals surface area contributed by atoms with Crippen LogP contribution in [-0.4, -0.2) is 49.7 Å². The molecule has 4 rings (SSSR count). The number of hydrogen-bond acceptors (Lipinski definition) is 5. The van der Waals surface area contributed by atoms with Crippen molar-refractivity contribution in [2.24, 2.45) is 5.92 Å². The number of aromatic amines is 1. The summed E-state index contributed by atoms with van der Waals surface area (Å²) in [6.45, 7) is 7.24. The monoisotopic (exact) mass is 423 g/mol. The molecule has 8 heteroatoms. The van der Waals surface area contributed by atoms with Crippen LogP contribution in [0.5, 0.6) is 0 Å². The highest BCUT2D eigenvalue weighted by Gasteiger charge is 2.35. The molecule has 2 aliphatic heterocycles. The van der Waals surface area contributed by atoms with E-state index in [-0.39, 0.29) is 35.9 Å². The molecule has 4 heterocycles. The molecule has 1 fully saturated rings. The molecule has 0 bridgehead atoms. The molecule has 2 aromatic rings. The maximum atomic E-state index is 12.9. The van der Waals surface area contributed by atoms with Gasteiger partial charge in [-0.15, -0.1) is 0 Å². The second-order valence-corrected chi connectivity index (χ2v) is 8.54. The van der Waals surface area contributed by atoms with Gasteiger partial charge in [0.25, 0.3) is 11.5 Å². The summed E-state index contributed by atoms with van der Waals surface area (Å²) in [5.41, 5.74) is 2.47. The van der Waals surface area contributed by atoms with Crippen molar-refractivity contribution in [2.45, 2.75) is 59.0 Å². The van der Waals surface area contributed by atoms with Gasteiger partial charge in [0.15, 0.2) is 0 Å². The molecule has 2 aromatic heterocycles. The Balaban J connectivity index is 1.58. The van der Waals surface area contributed by atoms with E-state index < -0.39 is 0 Å². The smallest absolute Gasteiger partial charge is 0.256 e. The van der Waals surface area contributed by atoms with Crippen molar-refractivity contribution >= 4 is 11.8 Å². The lowest BCUT2D eigenvalue weighted by molar-refractivity contribution is -0.136.